The van der Waals surface area contributed by atoms with Crippen molar-refractivity contribution in [3.05, 3.63) is 95.1 Å². The van der Waals surface area contributed by atoms with Gasteiger partial charge in [-0.25, -0.2) is 0 Å². The van der Waals surface area contributed by atoms with Crippen molar-refractivity contribution in [1.82, 2.24) is 9.80 Å². The number of β-amino-alcohol motifs (C(OH)–C–C–N with tert-alkyl or cyclic N) is 1. The number of benzene rings is 3. The fourth-order valence-corrected chi connectivity index (χ4v) is 8.75. The Kier molecular flexibility index (Phi) is 5.85. The molecule has 6 nitrogen and oxygen atoms in total. The third-order valence-electron chi connectivity index (χ3n) is 10.9. The summed E-state index contributed by atoms with van der Waals surface area (Å²) < 4.78 is 13.5. The van der Waals surface area contributed by atoms with Crippen molar-refractivity contribution >= 4 is 0 Å². The molecule has 2 N–H and O–H groups in total. The molecule has 0 radical (unpaired) electrons. The monoisotopic (exact) mass is 552 g/mol. The van der Waals surface area contributed by atoms with Crippen molar-refractivity contribution in [2.45, 2.75) is 86.5 Å². The van der Waals surface area contributed by atoms with Crippen LogP contribution in [-0.2, 0) is 25.0 Å². The van der Waals surface area contributed by atoms with E-state index in [1.54, 1.807) is 0 Å². The molecule has 2 bridgehead atoms. The Labute approximate surface area is 242 Å². The van der Waals surface area contributed by atoms with Crippen LogP contribution in [0.4, 0.5) is 0 Å². The van der Waals surface area contributed by atoms with Crippen LogP contribution >= 0.6 is 0 Å². The Hall–Kier alpha value is -2.90. The quantitative estimate of drug-likeness (QED) is 0.431. The maximum atomic E-state index is 12.9. The van der Waals surface area contributed by atoms with Crippen LogP contribution in [0, 0.1) is 0 Å². The Balaban J connectivity index is 1.19. The van der Waals surface area contributed by atoms with E-state index in [9.17, 15) is 10.2 Å². The summed E-state index contributed by atoms with van der Waals surface area (Å²) in [6.07, 6.45) is 4.74. The van der Waals surface area contributed by atoms with Gasteiger partial charge in [-0.3, -0.25) is 9.80 Å². The molecule has 3 fully saturated rings. The molecule has 0 unspecified atom stereocenters. The Morgan fingerprint density at radius 3 is 2.39 bits per heavy atom. The molecule has 6 heteroatoms. The van der Waals surface area contributed by atoms with E-state index in [0.717, 1.165) is 68.7 Å². The van der Waals surface area contributed by atoms with Crippen molar-refractivity contribution in [2.24, 2.45) is 0 Å². The van der Waals surface area contributed by atoms with Crippen LogP contribution in [0.2, 0.25) is 0 Å². The number of likely N-dealkylation sites (tertiary alicyclic amines) is 1. The maximum Gasteiger partial charge on any atom is 0.166 e. The molecule has 41 heavy (non-hydrogen) atoms. The summed E-state index contributed by atoms with van der Waals surface area (Å²) in [6, 6.07) is 25.3. The Morgan fingerprint density at radius 2 is 1.66 bits per heavy atom. The molecule has 0 amide bonds. The molecule has 3 aliphatic carbocycles. The fourth-order valence-electron chi connectivity index (χ4n) is 8.75. The molecule has 5 atom stereocenters. The topological polar surface area (TPSA) is 65.4 Å². The molecule has 2 saturated carbocycles. The largest absolute Gasteiger partial charge is 0.485 e. The highest BCUT2D eigenvalue weighted by molar-refractivity contribution is 5.63. The first-order valence-corrected chi connectivity index (χ1v) is 15.3. The number of hydrogen-bond donors (Lipinski definition) is 2. The van der Waals surface area contributed by atoms with E-state index in [0.29, 0.717) is 13.2 Å². The highest BCUT2D eigenvalue weighted by Gasteiger charge is 2.73. The van der Waals surface area contributed by atoms with Crippen molar-refractivity contribution in [2.75, 3.05) is 20.1 Å². The summed E-state index contributed by atoms with van der Waals surface area (Å²) >= 11 is 0. The van der Waals surface area contributed by atoms with Crippen LogP contribution in [0.1, 0.15) is 54.4 Å². The number of nitrogens with zero attached hydrogens (tertiary/aromatic N) is 2. The predicted molar refractivity (Wildman–Crippen MR) is 157 cm³/mol. The lowest BCUT2D eigenvalue weighted by molar-refractivity contribution is -0.203. The van der Waals surface area contributed by atoms with Gasteiger partial charge in [-0.2, -0.15) is 0 Å². The van der Waals surface area contributed by atoms with Crippen molar-refractivity contribution in [3.8, 4) is 11.5 Å². The number of hydrogen-bond acceptors (Lipinski definition) is 6. The number of rotatable bonds is 8. The number of likely N-dealkylation sites (N-methyl/N-ethyl adjacent to an activating group) is 1. The number of aliphatic hydroxyl groups is 2. The van der Waals surface area contributed by atoms with Crippen LogP contribution in [0.15, 0.2) is 72.8 Å². The lowest BCUT2D eigenvalue weighted by atomic mass is 9.48. The summed E-state index contributed by atoms with van der Waals surface area (Å²) in [5.74, 6) is 1.62. The summed E-state index contributed by atoms with van der Waals surface area (Å²) in [6.45, 7) is 2.82. The minimum atomic E-state index is -0.915. The van der Waals surface area contributed by atoms with E-state index in [2.05, 4.69) is 71.4 Å². The molecule has 3 aromatic rings. The van der Waals surface area contributed by atoms with Gasteiger partial charge in [0.25, 0.3) is 0 Å². The smallest absolute Gasteiger partial charge is 0.166 e. The van der Waals surface area contributed by atoms with Gasteiger partial charge in [0.15, 0.2) is 11.5 Å². The molecule has 1 saturated heterocycles. The average Bonchev–Trinajstić information content (AvgIpc) is 3.60. The molecular weight excluding hydrogens is 512 g/mol. The van der Waals surface area contributed by atoms with Gasteiger partial charge in [0, 0.05) is 30.7 Å². The SMILES string of the molecule is CN(Cc1ccccc1)[C@@H]1CC[C@@]2(O)[C@H]3Cc4ccc(OCc5ccccc5)c5c4[C@@]2(CCN3CC2(O)CC2)[C@H]1O5. The van der Waals surface area contributed by atoms with Crippen LogP contribution in [-0.4, -0.2) is 69.5 Å². The molecule has 5 aliphatic rings. The van der Waals surface area contributed by atoms with E-state index in [4.69, 9.17) is 9.47 Å². The zero-order valence-electron chi connectivity index (χ0n) is 23.8. The lowest BCUT2D eigenvalue weighted by Crippen LogP contribution is -2.78. The van der Waals surface area contributed by atoms with Gasteiger partial charge >= 0.3 is 0 Å². The zero-order valence-corrected chi connectivity index (χ0v) is 23.8. The van der Waals surface area contributed by atoms with Crippen LogP contribution < -0.4 is 9.47 Å². The van der Waals surface area contributed by atoms with Gasteiger partial charge in [0.1, 0.15) is 12.7 Å². The van der Waals surface area contributed by atoms with Crippen LogP contribution in [0.25, 0.3) is 0 Å². The minimum absolute atomic E-state index is 0.0260. The van der Waals surface area contributed by atoms with E-state index in [1.165, 1.54) is 16.7 Å². The fraction of sp³-hybridized carbons (Fsp3) is 0.486. The summed E-state index contributed by atoms with van der Waals surface area (Å²) in [5, 5.41) is 23.8. The summed E-state index contributed by atoms with van der Waals surface area (Å²) in [5.41, 5.74) is 2.86. The molecular formula is C35H40N2O4. The van der Waals surface area contributed by atoms with Crippen molar-refractivity contribution < 1.29 is 19.7 Å². The average molecular weight is 553 g/mol. The third kappa shape index (κ3) is 3.91. The van der Waals surface area contributed by atoms with Gasteiger partial charge in [-0.15, -0.1) is 0 Å². The van der Waals surface area contributed by atoms with E-state index >= 15 is 0 Å². The molecule has 0 aromatic heterocycles. The van der Waals surface area contributed by atoms with Crippen LogP contribution in [0.5, 0.6) is 11.5 Å². The maximum absolute atomic E-state index is 12.9. The van der Waals surface area contributed by atoms with Crippen LogP contribution in [0.3, 0.4) is 0 Å². The first-order valence-electron chi connectivity index (χ1n) is 15.3. The molecule has 214 valence electrons. The molecule has 8 rings (SSSR count). The van der Waals surface area contributed by atoms with E-state index in [-0.39, 0.29) is 18.2 Å². The first kappa shape index (κ1) is 25.8. The molecule has 2 aliphatic heterocycles. The Bertz CT molecular complexity index is 1440. The second-order valence-electron chi connectivity index (χ2n) is 13.3. The third-order valence-corrected chi connectivity index (χ3v) is 10.9. The van der Waals surface area contributed by atoms with Gasteiger partial charge < -0.3 is 19.7 Å². The Morgan fingerprint density at radius 1 is 0.927 bits per heavy atom. The van der Waals surface area contributed by atoms with Gasteiger partial charge in [0.2, 0.25) is 0 Å². The molecule has 2 heterocycles. The van der Waals surface area contributed by atoms with E-state index in [1.807, 2.05) is 18.2 Å². The first-order chi connectivity index (χ1) is 19.9. The highest BCUT2D eigenvalue weighted by Crippen LogP contribution is 2.66. The van der Waals surface area contributed by atoms with Gasteiger partial charge in [0.05, 0.1) is 16.6 Å². The summed E-state index contributed by atoms with van der Waals surface area (Å²) in [7, 11) is 2.21. The second-order valence-corrected chi connectivity index (χ2v) is 13.3. The predicted octanol–water partition coefficient (Wildman–Crippen LogP) is 4.45. The standard InChI is InChI=1S/C35H40N2O4/c1-36(21-24-8-4-2-5-9-24)27-14-15-35(39)29-20-26-12-13-28(40-22-25-10-6-3-7-11-25)31-30(26)34(35,32(27)41-31)18-19-37(29)23-33(38)16-17-33/h2-13,27,29,32,38-39H,14-23H2,1H3/t27-,29-,32+,34+,35-/m1/s1. The number of ether oxygens (including phenoxy) is 2. The normalized spacial score (nSPS) is 32.3. The van der Waals surface area contributed by atoms with E-state index < -0.39 is 16.6 Å². The summed E-state index contributed by atoms with van der Waals surface area (Å²) in [4.78, 5) is 4.84. The molecule has 3 aromatic carbocycles. The highest BCUT2D eigenvalue weighted by atomic mass is 16.5. The van der Waals surface area contributed by atoms with Gasteiger partial charge in [-0.05, 0) is 74.9 Å². The van der Waals surface area contributed by atoms with Crippen molar-refractivity contribution in [1.29, 1.82) is 0 Å². The minimum Gasteiger partial charge on any atom is -0.485 e. The second kappa shape index (κ2) is 9.30. The molecule has 1 spiro atoms. The van der Waals surface area contributed by atoms with Gasteiger partial charge in [-0.1, -0.05) is 66.7 Å². The lowest BCUT2D eigenvalue weighted by Gasteiger charge is -2.65. The number of piperidine rings is 1. The van der Waals surface area contributed by atoms with Crippen molar-refractivity contribution in [3.63, 3.8) is 0 Å². The zero-order chi connectivity index (χ0) is 27.8.